The largest absolute Gasteiger partial charge is 0.544 e. The molecule has 0 aliphatic carbocycles. The van der Waals surface area contributed by atoms with Crippen LogP contribution >= 0.6 is 0 Å². The van der Waals surface area contributed by atoms with Gasteiger partial charge in [-0.25, -0.2) is 0 Å². The number of rotatable bonds is 37. The van der Waals surface area contributed by atoms with E-state index in [1.807, 2.05) is 55.6 Å². The van der Waals surface area contributed by atoms with Crippen molar-refractivity contribution in [2.45, 2.75) is 256 Å². The number of carboxylic acids is 2. The van der Waals surface area contributed by atoms with Gasteiger partial charge in [0, 0.05) is 44.1 Å². The van der Waals surface area contributed by atoms with E-state index in [1.165, 1.54) is 142 Å². The molecule has 470 valence electrons. The van der Waals surface area contributed by atoms with Crippen LogP contribution in [0.2, 0.25) is 0 Å². The van der Waals surface area contributed by atoms with Gasteiger partial charge in [-0.3, -0.25) is 0 Å². The molecule has 4 aliphatic heterocycles. The number of benzene rings is 4. The van der Waals surface area contributed by atoms with Gasteiger partial charge in [0.15, 0.2) is 34.5 Å². The number of fused-ring (bicyclic) bond motifs is 2. The first-order valence-corrected chi connectivity index (χ1v) is 33.7. The molecular weight excluding hydrogens is 1060 g/mol. The fourth-order valence-electron chi connectivity index (χ4n) is 14.6. The van der Waals surface area contributed by atoms with Crippen molar-refractivity contribution >= 4 is 11.9 Å². The SMILES string of the molecule is CCCCCCCCCCCCCCCCC(C(=O)[O-])[N+]1(C)CCc2cc(OC)c3cc2C1Cc1ccc(cc1)Oc1cc(ccc1OC)CC1c2c(cc(OC)c(O)c2O3)CC[N+]1(C)C(CCCCCCCCCCCCCCCC)C(=O)[O-]. The molecule has 0 aromatic heterocycles. The Morgan fingerprint density at radius 2 is 0.918 bits per heavy atom. The Kier molecular flexibility index (Phi) is 27.0. The molecule has 12 heteroatoms. The van der Waals surface area contributed by atoms with Gasteiger partial charge in [-0.2, -0.15) is 0 Å². The van der Waals surface area contributed by atoms with Gasteiger partial charge in [0.25, 0.3) is 0 Å². The summed E-state index contributed by atoms with van der Waals surface area (Å²) in [5.41, 5.74) is 5.45. The number of unbranched alkanes of at least 4 members (excludes halogenated alkanes) is 26. The number of carboxylic acid groups (broad SMARTS) is 2. The Labute approximate surface area is 512 Å². The van der Waals surface area contributed by atoms with Crippen LogP contribution in [-0.4, -0.2) is 86.6 Å². The van der Waals surface area contributed by atoms with E-state index in [0.717, 1.165) is 72.8 Å². The molecule has 1 N–H and O–H groups in total. The molecule has 8 rings (SSSR count). The standard InChI is InChI=1S/C73H108N2O10/c1-8-10-12-14-16-18-20-22-24-26-28-30-32-34-36-60(72(77)78)74(3)46-44-56-51-65(82-6)67-53-59(56)62(74)48-54-38-41-58(42-39-54)84-66-50-55(40-43-64(66)81-5)49-63-69-57(52-68(83-7)70(76)71(69)85-67)45-47-75(63,4)61(73(79)80)37-35-33-31-29-27-25-23-21-19-17-15-13-11-9-2/h38-43,50-53,60-63H,8-37,44-49H2,1-7H3,(H-2,76,77,78,79,80). The molecule has 12 nitrogen and oxygen atoms in total. The number of likely N-dealkylation sites (N-methyl/N-ethyl adjacent to an activating group) is 2. The Morgan fingerprint density at radius 1 is 0.506 bits per heavy atom. The van der Waals surface area contributed by atoms with Crippen LogP contribution in [0.5, 0.6) is 46.0 Å². The molecule has 0 amide bonds. The number of methoxy groups -OCH3 is 3. The molecule has 4 aliphatic rings. The molecule has 0 radical (unpaired) electrons. The summed E-state index contributed by atoms with van der Waals surface area (Å²) in [5, 5.41) is 40.0. The van der Waals surface area contributed by atoms with Crippen LogP contribution in [0.4, 0.5) is 0 Å². The zero-order valence-corrected chi connectivity index (χ0v) is 53.6. The lowest BCUT2D eigenvalue weighted by atomic mass is 9.83. The van der Waals surface area contributed by atoms with Crippen LogP contribution in [0.3, 0.4) is 0 Å². The predicted molar refractivity (Wildman–Crippen MR) is 337 cm³/mol. The second kappa shape index (κ2) is 34.2. The molecule has 0 spiro atoms. The van der Waals surface area contributed by atoms with E-state index in [0.29, 0.717) is 85.9 Å². The lowest BCUT2D eigenvalue weighted by molar-refractivity contribution is -0.958. The van der Waals surface area contributed by atoms with E-state index in [1.54, 1.807) is 14.2 Å². The van der Waals surface area contributed by atoms with Gasteiger partial charge in [-0.15, -0.1) is 0 Å². The molecule has 4 heterocycles. The zero-order valence-electron chi connectivity index (χ0n) is 53.6. The van der Waals surface area contributed by atoms with Crippen LogP contribution in [0.1, 0.15) is 252 Å². The van der Waals surface area contributed by atoms with Crippen LogP contribution in [-0.2, 0) is 35.3 Å². The lowest BCUT2D eigenvalue weighted by Gasteiger charge is -2.51. The third kappa shape index (κ3) is 18.1. The topological polar surface area (TPSA) is 147 Å². The van der Waals surface area contributed by atoms with Gasteiger partial charge >= 0.3 is 0 Å². The summed E-state index contributed by atoms with van der Waals surface area (Å²) in [4.78, 5) is 27.5. The number of aromatic hydroxyl groups is 1. The van der Waals surface area contributed by atoms with Crippen molar-refractivity contribution < 1.29 is 57.6 Å². The predicted octanol–water partition coefficient (Wildman–Crippen LogP) is 15.9. The van der Waals surface area contributed by atoms with Crippen molar-refractivity contribution in [2.75, 3.05) is 48.5 Å². The zero-order chi connectivity index (χ0) is 60.6. The van der Waals surface area contributed by atoms with E-state index in [2.05, 4.69) is 33.0 Å². The summed E-state index contributed by atoms with van der Waals surface area (Å²) in [7, 11) is 8.88. The number of ether oxygens (including phenoxy) is 5. The first-order chi connectivity index (χ1) is 41.3. The summed E-state index contributed by atoms with van der Waals surface area (Å²) in [6.45, 7) is 5.60. The van der Waals surface area contributed by atoms with Gasteiger partial charge in [0.1, 0.15) is 29.9 Å². The second-order valence-electron chi connectivity index (χ2n) is 25.9. The highest BCUT2D eigenvalue weighted by atomic mass is 16.5. The summed E-state index contributed by atoms with van der Waals surface area (Å²) in [6, 6.07) is 17.2. The first-order valence-electron chi connectivity index (χ1n) is 33.7. The highest BCUT2D eigenvalue weighted by Gasteiger charge is 2.49. The Balaban J connectivity index is 1.19. The highest BCUT2D eigenvalue weighted by molar-refractivity contribution is 5.71. The lowest BCUT2D eigenvalue weighted by Crippen LogP contribution is -2.63. The van der Waals surface area contributed by atoms with Crippen molar-refractivity contribution in [1.82, 2.24) is 0 Å². The van der Waals surface area contributed by atoms with Gasteiger partial charge < -0.3 is 57.6 Å². The number of carbonyl (C=O) groups excluding carboxylic acids is 2. The minimum atomic E-state index is -1.09. The summed E-state index contributed by atoms with van der Waals surface area (Å²) in [6.07, 6.45) is 37.0. The summed E-state index contributed by atoms with van der Waals surface area (Å²) < 4.78 is 32.2. The number of carbonyl (C=O) groups is 2. The third-order valence-electron chi connectivity index (χ3n) is 19.9. The van der Waals surface area contributed by atoms with E-state index >= 15 is 0 Å². The first kappa shape index (κ1) is 67.1. The molecule has 6 atom stereocenters. The quantitative estimate of drug-likeness (QED) is 0.0342. The van der Waals surface area contributed by atoms with E-state index < -0.39 is 30.1 Å². The minimum Gasteiger partial charge on any atom is -0.544 e. The number of hydrogen-bond donors (Lipinski definition) is 1. The van der Waals surface area contributed by atoms with E-state index in [-0.39, 0.29) is 32.3 Å². The van der Waals surface area contributed by atoms with Crippen molar-refractivity contribution in [3.8, 4) is 46.0 Å². The van der Waals surface area contributed by atoms with Crippen LogP contribution in [0.25, 0.3) is 0 Å². The fourth-order valence-corrected chi connectivity index (χ4v) is 14.6. The average molecular weight is 1170 g/mol. The smallest absolute Gasteiger partial charge is 0.201 e. The number of hydrogen-bond acceptors (Lipinski definition) is 10. The number of phenols is 1. The van der Waals surface area contributed by atoms with E-state index in [4.69, 9.17) is 23.7 Å². The summed E-state index contributed by atoms with van der Waals surface area (Å²) >= 11 is 0. The second-order valence-corrected chi connectivity index (χ2v) is 25.9. The number of aliphatic carboxylic acids is 2. The third-order valence-corrected chi connectivity index (χ3v) is 19.9. The molecule has 4 aromatic carbocycles. The van der Waals surface area contributed by atoms with Gasteiger partial charge in [-0.1, -0.05) is 199 Å². The van der Waals surface area contributed by atoms with Crippen molar-refractivity contribution in [3.05, 3.63) is 94.0 Å². The van der Waals surface area contributed by atoms with Crippen molar-refractivity contribution in [3.63, 3.8) is 0 Å². The maximum absolute atomic E-state index is 13.8. The number of nitrogens with zero attached hydrogens (tertiary/aromatic N) is 2. The van der Waals surface area contributed by atoms with Crippen LogP contribution < -0.4 is 33.9 Å². The van der Waals surface area contributed by atoms with Crippen molar-refractivity contribution in [1.29, 1.82) is 0 Å². The molecule has 85 heavy (non-hydrogen) atoms. The van der Waals surface area contributed by atoms with Gasteiger partial charge in [-0.05, 0) is 77.6 Å². The van der Waals surface area contributed by atoms with Gasteiger partial charge in [0.2, 0.25) is 5.75 Å². The molecular formula is C73H108N2O10. The van der Waals surface area contributed by atoms with Crippen LogP contribution in [0.15, 0.2) is 60.7 Å². The van der Waals surface area contributed by atoms with Crippen LogP contribution in [0, 0.1) is 0 Å². The number of quaternary nitrogens is 2. The average Bonchev–Trinajstić information content (AvgIpc) is 1.16. The number of phenolic OH excluding ortho intramolecular Hbond substituents is 1. The van der Waals surface area contributed by atoms with E-state index in [9.17, 15) is 24.9 Å². The van der Waals surface area contributed by atoms with Crippen molar-refractivity contribution in [2.24, 2.45) is 0 Å². The molecule has 0 fully saturated rings. The Hall–Kier alpha value is -5.46. The monoisotopic (exact) mass is 1170 g/mol. The molecule has 4 aromatic rings. The highest BCUT2D eigenvalue weighted by Crippen LogP contribution is 2.54. The molecule has 0 saturated carbocycles. The Morgan fingerprint density at radius 3 is 1.39 bits per heavy atom. The minimum absolute atomic E-state index is 0.114. The maximum atomic E-state index is 13.8. The summed E-state index contributed by atoms with van der Waals surface area (Å²) in [5.74, 6) is 0.569. The molecule has 6 bridgehead atoms. The molecule has 6 unspecified atom stereocenters. The molecule has 0 saturated heterocycles. The fraction of sp³-hybridized carbons (Fsp3) is 0.644. The Bertz CT molecular complexity index is 2690. The normalized spacial score (nSPS) is 19.6. The maximum Gasteiger partial charge on any atom is 0.201 e. The van der Waals surface area contributed by atoms with Gasteiger partial charge in [0.05, 0.1) is 66.0 Å².